The van der Waals surface area contributed by atoms with Gasteiger partial charge in [-0.1, -0.05) is 22.4 Å². The van der Waals surface area contributed by atoms with Crippen molar-refractivity contribution in [3.63, 3.8) is 0 Å². The first-order valence-electron chi connectivity index (χ1n) is 7.17. The molecule has 0 bridgehead atoms. The Labute approximate surface area is 132 Å². The first-order chi connectivity index (χ1) is 9.97. The fourth-order valence-electron chi connectivity index (χ4n) is 2.60. The van der Waals surface area contributed by atoms with Crippen LogP contribution in [0.3, 0.4) is 0 Å². The lowest BCUT2D eigenvalue weighted by molar-refractivity contribution is 0.0418. The van der Waals surface area contributed by atoms with Crippen LogP contribution < -0.4 is 4.74 Å². The SMILES string of the molecule is C[C@H]1CCCCN1C[C@@H](O)COc1c(F)cc(Br)cc1F. The van der Waals surface area contributed by atoms with E-state index in [0.29, 0.717) is 17.1 Å². The minimum atomic E-state index is -0.777. The molecule has 0 amide bonds. The van der Waals surface area contributed by atoms with Crippen molar-refractivity contribution in [2.45, 2.75) is 38.3 Å². The lowest BCUT2D eigenvalue weighted by Gasteiger charge is -2.34. The molecule has 0 aromatic heterocycles. The lowest BCUT2D eigenvalue weighted by atomic mass is 10.0. The number of β-amino-alcohol motifs (C(OH)–C–C–N with tert-alkyl or cyclic N) is 1. The van der Waals surface area contributed by atoms with Gasteiger partial charge in [-0.15, -0.1) is 0 Å². The van der Waals surface area contributed by atoms with E-state index >= 15 is 0 Å². The number of piperidine rings is 1. The van der Waals surface area contributed by atoms with Gasteiger partial charge in [0.25, 0.3) is 0 Å². The van der Waals surface area contributed by atoms with Crippen molar-refractivity contribution in [3.05, 3.63) is 28.2 Å². The van der Waals surface area contributed by atoms with E-state index in [0.717, 1.165) is 31.5 Å². The van der Waals surface area contributed by atoms with E-state index in [1.165, 1.54) is 6.42 Å². The minimum absolute atomic E-state index is 0.126. The summed E-state index contributed by atoms with van der Waals surface area (Å²) >= 11 is 3.01. The Kier molecular flexibility index (Phi) is 5.96. The third-order valence-electron chi connectivity index (χ3n) is 3.77. The van der Waals surface area contributed by atoms with Gasteiger partial charge in [0.1, 0.15) is 12.7 Å². The molecule has 1 heterocycles. The molecule has 1 fully saturated rings. The number of aliphatic hydroxyl groups is 1. The Morgan fingerprint density at radius 1 is 1.38 bits per heavy atom. The number of aliphatic hydroxyl groups excluding tert-OH is 1. The molecule has 2 atom stereocenters. The fraction of sp³-hybridized carbons (Fsp3) is 0.600. The van der Waals surface area contributed by atoms with Crippen molar-refractivity contribution < 1.29 is 18.6 Å². The molecule has 0 aliphatic carbocycles. The molecule has 1 aliphatic heterocycles. The van der Waals surface area contributed by atoms with E-state index in [4.69, 9.17) is 4.74 Å². The maximum Gasteiger partial charge on any atom is 0.190 e. The molecule has 2 rings (SSSR count). The molecule has 0 unspecified atom stereocenters. The number of nitrogens with zero attached hydrogens (tertiary/aromatic N) is 1. The van der Waals surface area contributed by atoms with Gasteiger partial charge in [-0.2, -0.15) is 0 Å². The van der Waals surface area contributed by atoms with Gasteiger partial charge >= 0.3 is 0 Å². The van der Waals surface area contributed by atoms with Gasteiger partial charge < -0.3 is 9.84 Å². The van der Waals surface area contributed by atoms with Crippen molar-refractivity contribution in [1.29, 1.82) is 0 Å². The van der Waals surface area contributed by atoms with Crippen molar-refractivity contribution in [1.82, 2.24) is 4.90 Å². The third kappa shape index (κ3) is 4.63. The number of benzene rings is 1. The molecule has 1 aromatic carbocycles. The maximum atomic E-state index is 13.6. The fourth-order valence-corrected chi connectivity index (χ4v) is 3.00. The lowest BCUT2D eigenvalue weighted by Crippen LogP contribution is -2.43. The first kappa shape index (κ1) is 16.6. The number of halogens is 3. The second-order valence-corrected chi connectivity index (χ2v) is 6.42. The van der Waals surface area contributed by atoms with E-state index in [1.807, 2.05) is 0 Å². The number of rotatable bonds is 5. The van der Waals surface area contributed by atoms with Crippen LogP contribution in [0.4, 0.5) is 8.78 Å². The van der Waals surface area contributed by atoms with E-state index in [1.54, 1.807) is 0 Å². The zero-order chi connectivity index (χ0) is 15.4. The predicted octanol–water partition coefficient (Wildman–Crippen LogP) is 3.34. The molecule has 1 aliphatic rings. The second kappa shape index (κ2) is 7.51. The third-order valence-corrected chi connectivity index (χ3v) is 4.23. The molecule has 118 valence electrons. The Bertz CT molecular complexity index is 464. The van der Waals surface area contributed by atoms with Crippen LogP contribution in [0.2, 0.25) is 0 Å². The Hall–Kier alpha value is -0.720. The largest absolute Gasteiger partial charge is 0.485 e. The van der Waals surface area contributed by atoms with E-state index in [2.05, 4.69) is 27.8 Å². The highest BCUT2D eigenvalue weighted by molar-refractivity contribution is 9.10. The van der Waals surface area contributed by atoms with Crippen LogP contribution in [0, 0.1) is 11.6 Å². The van der Waals surface area contributed by atoms with Gasteiger partial charge in [-0.05, 0) is 38.4 Å². The monoisotopic (exact) mass is 363 g/mol. The molecule has 3 nitrogen and oxygen atoms in total. The number of likely N-dealkylation sites (tertiary alicyclic amines) is 1. The van der Waals surface area contributed by atoms with Crippen LogP contribution in [0.5, 0.6) is 5.75 Å². The average Bonchev–Trinajstić information content (AvgIpc) is 2.40. The zero-order valence-electron chi connectivity index (χ0n) is 12.0. The smallest absolute Gasteiger partial charge is 0.190 e. The summed E-state index contributed by atoms with van der Waals surface area (Å²) in [5.74, 6) is -2.00. The highest BCUT2D eigenvalue weighted by Gasteiger charge is 2.21. The van der Waals surface area contributed by atoms with Crippen LogP contribution in [0.1, 0.15) is 26.2 Å². The van der Waals surface area contributed by atoms with Gasteiger partial charge in [-0.25, -0.2) is 8.78 Å². The molecule has 1 saturated heterocycles. The Morgan fingerprint density at radius 3 is 2.67 bits per heavy atom. The molecule has 0 spiro atoms. The van der Waals surface area contributed by atoms with Crippen LogP contribution >= 0.6 is 15.9 Å². The highest BCUT2D eigenvalue weighted by atomic mass is 79.9. The standard InChI is InChI=1S/C15H20BrF2NO2/c1-10-4-2-3-5-19(10)8-12(20)9-21-15-13(17)6-11(16)7-14(15)18/h6-7,10,12,20H,2-5,8-9H2,1H3/t10-,12+/m0/s1. The summed E-state index contributed by atoms with van der Waals surface area (Å²) in [4.78, 5) is 2.19. The van der Waals surface area contributed by atoms with Crippen molar-refractivity contribution >= 4 is 15.9 Å². The maximum absolute atomic E-state index is 13.6. The Balaban J connectivity index is 1.88. The number of hydrogen-bond acceptors (Lipinski definition) is 3. The topological polar surface area (TPSA) is 32.7 Å². The normalized spacial score (nSPS) is 21.3. The van der Waals surface area contributed by atoms with Crippen LogP contribution in [-0.4, -0.2) is 41.8 Å². The summed E-state index contributed by atoms with van der Waals surface area (Å²) in [6.45, 7) is 3.40. The molecular weight excluding hydrogens is 344 g/mol. The van der Waals surface area contributed by atoms with Crippen LogP contribution in [-0.2, 0) is 0 Å². The second-order valence-electron chi connectivity index (χ2n) is 5.50. The van der Waals surface area contributed by atoms with Crippen molar-refractivity contribution in [3.8, 4) is 5.75 Å². The first-order valence-corrected chi connectivity index (χ1v) is 7.96. The molecular formula is C15H20BrF2NO2. The highest BCUT2D eigenvalue weighted by Crippen LogP contribution is 2.26. The van der Waals surface area contributed by atoms with Gasteiger partial charge in [-0.3, -0.25) is 4.90 Å². The summed E-state index contributed by atoms with van der Waals surface area (Å²) < 4.78 is 32.6. The summed E-state index contributed by atoms with van der Waals surface area (Å²) in [5.41, 5.74) is 0. The van der Waals surface area contributed by atoms with Crippen molar-refractivity contribution in [2.75, 3.05) is 19.7 Å². The molecule has 0 radical (unpaired) electrons. The molecule has 21 heavy (non-hydrogen) atoms. The molecule has 1 aromatic rings. The van der Waals surface area contributed by atoms with Crippen LogP contribution in [0.15, 0.2) is 16.6 Å². The summed E-state index contributed by atoms with van der Waals surface area (Å²) in [6, 6.07) is 2.70. The van der Waals surface area contributed by atoms with Gasteiger partial charge in [0.2, 0.25) is 0 Å². The van der Waals surface area contributed by atoms with Crippen molar-refractivity contribution in [2.24, 2.45) is 0 Å². The molecule has 6 heteroatoms. The van der Waals surface area contributed by atoms with Gasteiger partial charge in [0.05, 0.1) is 0 Å². The van der Waals surface area contributed by atoms with E-state index in [-0.39, 0.29) is 6.61 Å². The quantitative estimate of drug-likeness (QED) is 0.870. The average molecular weight is 364 g/mol. The summed E-state index contributed by atoms with van der Waals surface area (Å²) in [5, 5.41) is 10.00. The Morgan fingerprint density at radius 2 is 2.05 bits per heavy atom. The minimum Gasteiger partial charge on any atom is -0.485 e. The van der Waals surface area contributed by atoms with Gasteiger partial charge in [0, 0.05) is 17.1 Å². The van der Waals surface area contributed by atoms with Gasteiger partial charge in [0.15, 0.2) is 17.4 Å². The summed E-state index contributed by atoms with van der Waals surface area (Å²) in [6.07, 6.45) is 2.67. The molecule has 1 N–H and O–H groups in total. The summed E-state index contributed by atoms with van der Waals surface area (Å²) in [7, 11) is 0. The van der Waals surface area contributed by atoms with E-state index < -0.39 is 23.5 Å². The zero-order valence-corrected chi connectivity index (χ0v) is 13.6. The van der Waals surface area contributed by atoms with E-state index in [9.17, 15) is 13.9 Å². The number of ether oxygens (including phenoxy) is 1. The molecule has 0 saturated carbocycles. The van der Waals surface area contributed by atoms with Crippen LogP contribution in [0.25, 0.3) is 0 Å². The predicted molar refractivity (Wildman–Crippen MR) is 80.4 cm³/mol. The number of hydrogen-bond donors (Lipinski definition) is 1.